The number of hydrogen-bond donors (Lipinski definition) is 1. The van der Waals surface area contributed by atoms with E-state index in [0.717, 1.165) is 11.3 Å². The van der Waals surface area contributed by atoms with E-state index < -0.39 is 11.9 Å². The molecular weight excluding hydrogens is 305 g/mol. The van der Waals surface area contributed by atoms with Crippen LogP contribution in [-0.4, -0.2) is 40.2 Å². The third-order valence-corrected chi connectivity index (χ3v) is 4.96. The van der Waals surface area contributed by atoms with E-state index in [0.29, 0.717) is 25.1 Å². The lowest BCUT2D eigenvalue weighted by atomic mass is 9.93. The van der Waals surface area contributed by atoms with Crippen molar-refractivity contribution in [2.45, 2.75) is 37.1 Å². The predicted octanol–water partition coefficient (Wildman–Crippen LogP) is 3.02. The first-order valence-corrected chi connectivity index (χ1v) is 8.36. The first-order chi connectivity index (χ1) is 10.5. The number of aliphatic carboxylic acids is 1. The normalized spacial score (nSPS) is 21.6. The maximum absolute atomic E-state index is 12.8. The standard InChI is InChI=1S/C16H20FNO3S/c1-11-2-3-12(16(20)21)10-18(11)15(19)8-9-22-14-6-4-13(17)5-7-14/h4-7,11-12H,2-3,8-10H2,1H3,(H,20,21). The zero-order valence-corrected chi connectivity index (χ0v) is 13.3. The van der Waals surface area contributed by atoms with E-state index in [9.17, 15) is 14.0 Å². The van der Waals surface area contributed by atoms with Crippen LogP contribution in [0.15, 0.2) is 29.2 Å². The summed E-state index contributed by atoms with van der Waals surface area (Å²) in [6.45, 7) is 2.26. The van der Waals surface area contributed by atoms with Crippen molar-refractivity contribution in [2.24, 2.45) is 5.92 Å². The number of piperidine rings is 1. The van der Waals surface area contributed by atoms with Gasteiger partial charge in [-0.05, 0) is 44.0 Å². The van der Waals surface area contributed by atoms with Crippen LogP contribution < -0.4 is 0 Å². The van der Waals surface area contributed by atoms with Crippen LogP contribution in [0.2, 0.25) is 0 Å². The van der Waals surface area contributed by atoms with E-state index in [1.54, 1.807) is 17.0 Å². The fraction of sp³-hybridized carbons (Fsp3) is 0.500. The Morgan fingerprint density at radius 2 is 2.00 bits per heavy atom. The molecule has 2 atom stereocenters. The van der Waals surface area contributed by atoms with Crippen molar-refractivity contribution in [1.29, 1.82) is 0 Å². The van der Waals surface area contributed by atoms with Gasteiger partial charge in [-0.25, -0.2) is 4.39 Å². The highest BCUT2D eigenvalue weighted by atomic mass is 32.2. The summed E-state index contributed by atoms with van der Waals surface area (Å²) in [5, 5.41) is 9.10. The summed E-state index contributed by atoms with van der Waals surface area (Å²) >= 11 is 1.50. The molecule has 1 fully saturated rings. The summed E-state index contributed by atoms with van der Waals surface area (Å²) in [5.74, 6) is -0.962. The Hall–Kier alpha value is -1.56. The number of benzene rings is 1. The number of hydrogen-bond acceptors (Lipinski definition) is 3. The lowest BCUT2D eigenvalue weighted by molar-refractivity contribution is -0.147. The molecule has 0 aromatic heterocycles. The van der Waals surface area contributed by atoms with Crippen LogP contribution in [0.4, 0.5) is 4.39 Å². The maximum atomic E-state index is 12.8. The fourth-order valence-electron chi connectivity index (χ4n) is 2.59. The third kappa shape index (κ3) is 4.47. The highest BCUT2D eigenvalue weighted by Crippen LogP contribution is 2.24. The lowest BCUT2D eigenvalue weighted by Gasteiger charge is -2.36. The Morgan fingerprint density at radius 3 is 2.64 bits per heavy atom. The van der Waals surface area contributed by atoms with E-state index in [2.05, 4.69) is 0 Å². The topological polar surface area (TPSA) is 57.6 Å². The zero-order valence-electron chi connectivity index (χ0n) is 12.5. The molecule has 1 saturated heterocycles. The number of thioether (sulfide) groups is 1. The summed E-state index contributed by atoms with van der Waals surface area (Å²) in [4.78, 5) is 26.0. The van der Waals surface area contributed by atoms with E-state index in [-0.39, 0.29) is 17.8 Å². The summed E-state index contributed by atoms with van der Waals surface area (Å²) in [5.41, 5.74) is 0. The lowest BCUT2D eigenvalue weighted by Crippen LogP contribution is -2.47. The Labute approximate surface area is 133 Å². The molecule has 0 radical (unpaired) electrons. The van der Waals surface area contributed by atoms with Gasteiger partial charge in [0.05, 0.1) is 5.92 Å². The molecule has 1 N–H and O–H groups in total. The SMILES string of the molecule is CC1CCC(C(=O)O)CN1C(=O)CCSc1ccc(F)cc1. The first kappa shape index (κ1) is 16.8. The van der Waals surface area contributed by atoms with Gasteiger partial charge in [-0.1, -0.05) is 0 Å². The van der Waals surface area contributed by atoms with Crippen molar-refractivity contribution in [3.8, 4) is 0 Å². The average Bonchev–Trinajstić information content (AvgIpc) is 2.49. The largest absolute Gasteiger partial charge is 0.481 e. The molecule has 0 spiro atoms. The molecule has 1 aromatic rings. The number of amides is 1. The number of carbonyl (C=O) groups is 2. The van der Waals surface area contributed by atoms with Gasteiger partial charge < -0.3 is 10.0 Å². The number of likely N-dealkylation sites (tertiary alicyclic amines) is 1. The van der Waals surface area contributed by atoms with Gasteiger partial charge in [-0.2, -0.15) is 0 Å². The van der Waals surface area contributed by atoms with Gasteiger partial charge in [-0.15, -0.1) is 11.8 Å². The first-order valence-electron chi connectivity index (χ1n) is 7.38. The van der Waals surface area contributed by atoms with Crippen LogP contribution in [0, 0.1) is 11.7 Å². The van der Waals surface area contributed by atoms with Crippen molar-refractivity contribution in [3.05, 3.63) is 30.1 Å². The second kappa shape index (κ2) is 7.63. The van der Waals surface area contributed by atoms with Crippen LogP contribution in [0.3, 0.4) is 0 Å². The predicted molar refractivity (Wildman–Crippen MR) is 83.3 cm³/mol. The molecule has 2 unspecified atom stereocenters. The van der Waals surface area contributed by atoms with E-state index in [4.69, 9.17) is 5.11 Å². The Balaban J connectivity index is 1.82. The zero-order chi connectivity index (χ0) is 16.1. The molecule has 1 aliphatic rings. The van der Waals surface area contributed by atoms with Gasteiger partial charge in [0.15, 0.2) is 0 Å². The van der Waals surface area contributed by atoms with Crippen molar-refractivity contribution < 1.29 is 19.1 Å². The number of carboxylic acid groups (broad SMARTS) is 1. The smallest absolute Gasteiger partial charge is 0.308 e. The Kier molecular flexibility index (Phi) is 5.83. The van der Waals surface area contributed by atoms with Gasteiger partial charge in [0.25, 0.3) is 0 Å². The van der Waals surface area contributed by atoms with Gasteiger partial charge in [0.2, 0.25) is 5.91 Å². The minimum atomic E-state index is -0.828. The Morgan fingerprint density at radius 1 is 1.32 bits per heavy atom. The van der Waals surface area contributed by atoms with Crippen LogP contribution >= 0.6 is 11.8 Å². The van der Waals surface area contributed by atoms with Crippen molar-refractivity contribution in [3.63, 3.8) is 0 Å². The van der Waals surface area contributed by atoms with Gasteiger partial charge >= 0.3 is 5.97 Å². The van der Waals surface area contributed by atoms with E-state index in [1.807, 2.05) is 6.92 Å². The minimum absolute atomic E-state index is 0.00642. The number of nitrogens with zero attached hydrogens (tertiary/aromatic N) is 1. The van der Waals surface area contributed by atoms with Crippen molar-refractivity contribution in [2.75, 3.05) is 12.3 Å². The molecule has 22 heavy (non-hydrogen) atoms. The second-order valence-corrected chi connectivity index (χ2v) is 6.73. The van der Waals surface area contributed by atoms with Gasteiger partial charge in [0, 0.05) is 29.7 Å². The highest BCUT2D eigenvalue weighted by Gasteiger charge is 2.32. The number of halogens is 1. The molecule has 1 amide bonds. The van der Waals surface area contributed by atoms with Gasteiger partial charge in [0.1, 0.15) is 5.82 Å². The van der Waals surface area contributed by atoms with Crippen LogP contribution in [0.1, 0.15) is 26.2 Å². The summed E-state index contributed by atoms with van der Waals surface area (Å²) in [6.07, 6.45) is 1.72. The summed E-state index contributed by atoms with van der Waals surface area (Å²) < 4.78 is 12.8. The van der Waals surface area contributed by atoms with Crippen molar-refractivity contribution in [1.82, 2.24) is 4.90 Å². The molecule has 0 saturated carbocycles. The molecular formula is C16H20FNO3S. The summed E-state index contributed by atoms with van der Waals surface area (Å²) in [6, 6.07) is 6.27. The van der Waals surface area contributed by atoms with Crippen LogP contribution in [0.25, 0.3) is 0 Å². The maximum Gasteiger partial charge on any atom is 0.308 e. The minimum Gasteiger partial charge on any atom is -0.481 e. The van der Waals surface area contributed by atoms with Gasteiger partial charge in [-0.3, -0.25) is 9.59 Å². The molecule has 0 aliphatic carbocycles. The number of carbonyl (C=O) groups excluding carboxylic acids is 1. The van der Waals surface area contributed by atoms with E-state index in [1.165, 1.54) is 23.9 Å². The second-order valence-electron chi connectivity index (χ2n) is 5.56. The molecule has 2 rings (SSSR count). The number of carboxylic acids is 1. The third-order valence-electron chi connectivity index (χ3n) is 3.95. The molecule has 1 heterocycles. The van der Waals surface area contributed by atoms with Crippen LogP contribution in [-0.2, 0) is 9.59 Å². The molecule has 6 heteroatoms. The molecule has 4 nitrogen and oxygen atoms in total. The highest BCUT2D eigenvalue weighted by molar-refractivity contribution is 7.99. The average molecular weight is 325 g/mol. The monoisotopic (exact) mass is 325 g/mol. The molecule has 120 valence electrons. The van der Waals surface area contributed by atoms with Crippen LogP contribution in [0.5, 0.6) is 0 Å². The molecule has 0 bridgehead atoms. The van der Waals surface area contributed by atoms with E-state index >= 15 is 0 Å². The fourth-order valence-corrected chi connectivity index (χ4v) is 3.43. The summed E-state index contributed by atoms with van der Waals surface area (Å²) in [7, 11) is 0. The molecule has 1 aliphatic heterocycles. The van der Waals surface area contributed by atoms with Crippen molar-refractivity contribution >= 4 is 23.6 Å². The molecule has 1 aromatic carbocycles. The Bertz CT molecular complexity index is 535. The number of rotatable bonds is 5. The quantitative estimate of drug-likeness (QED) is 0.846.